The molecule has 0 aromatic heterocycles. The highest BCUT2D eigenvalue weighted by molar-refractivity contribution is 5.86. The molecule has 34 heavy (non-hydrogen) atoms. The Bertz CT molecular complexity index is 1050. The summed E-state index contributed by atoms with van der Waals surface area (Å²) in [5.74, 6) is 0.498. The average Bonchev–Trinajstić information content (AvgIpc) is 3.13. The summed E-state index contributed by atoms with van der Waals surface area (Å²) in [5.41, 5.74) is 6.54. The van der Waals surface area contributed by atoms with E-state index in [2.05, 4.69) is 62.4 Å². The topological polar surface area (TPSA) is 40.5 Å². The first-order valence-electron chi connectivity index (χ1n) is 11.4. The van der Waals surface area contributed by atoms with Gasteiger partial charge in [0.2, 0.25) is 0 Å². The third-order valence-electron chi connectivity index (χ3n) is 5.55. The zero-order chi connectivity index (χ0) is 23.1. The van der Waals surface area contributed by atoms with Crippen molar-refractivity contribution < 1.29 is 10.2 Å². The van der Waals surface area contributed by atoms with Gasteiger partial charge in [0.25, 0.3) is 0 Å². The largest absolute Gasteiger partial charge is 0.508 e. The molecule has 0 radical (unpaired) electrons. The third-order valence-corrected chi connectivity index (χ3v) is 5.55. The van der Waals surface area contributed by atoms with Gasteiger partial charge in [-0.25, -0.2) is 0 Å². The molecule has 180 valence electrons. The van der Waals surface area contributed by atoms with Crippen LogP contribution in [-0.4, -0.2) is 10.2 Å². The molecule has 1 aliphatic rings. The highest BCUT2D eigenvalue weighted by Gasteiger charge is 2.45. The Morgan fingerprint density at radius 3 is 1.15 bits per heavy atom. The molecule has 2 N–H and O–H groups in total. The van der Waals surface area contributed by atoms with E-state index in [1.807, 2.05) is 38.1 Å². The molecule has 0 aliphatic heterocycles. The fraction of sp³-hybridized carbons (Fsp3) is 0.250. The van der Waals surface area contributed by atoms with E-state index in [0.29, 0.717) is 0 Å². The minimum atomic E-state index is -0.491. The second-order valence-corrected chi connectivity index (χ2v) is 7.64. The quantitative estimate of drug-likeness (QED) is 0.278. The number of phenols is 2. The Balaban J connectivity index is 0.000000769. The summed E-state index contributed by atoms with van der Waals surface area (Å²) >= 11 is 0. The van der Waals surface area contributed by atoms with Gasteiger partial charge < -0.3 is 10.2 Å². The number of hydrogen-bond donors (Lipinski definition) is 2. The second-order valence-electron chi connectivity index (χ2n) is 7.64. The molecule has 0 unspecified atom stereocenters. The molecular formula is C32H40O2. The summed E-state index contributed by atoms with van der Waals surface area (Å²) in [6.07, 6.45) is 1.25. The van der Waals surface area contributed by atoms with Crippen LogP contribution in [-0.2, 0) is 5.41 Å². The van der Waals surface area contributed by atoms with E-state index < -0.39 is 5.41 Å². The van der Waals surface area contributed by atoms with Gasteiger partial charge in [-0.3, -0.25) is 0 Å². The van der Waals surface area contributed by atoms with E-state index in [4.69, 9.17) is 0 Å². The first-order chi connectivity index (χ1) is 15.6. The normalized spacial score (nSPS) is 11.6. The SMILES string of the molecule is C.C.CC.CCC.Oc1ccc(C2(c3ccc(O)cc3)c3ccccc3-c3ccccc32)cc1. The van der Waals surface area contributed by atoms with Crippen LogP contribution in [0.25, 0.3) is 11.1 Å². The average molecular weight is 457 g/mol. The van der Waals surface area contributed by atoms with Crippen molar-refractivity contribution in [1.82, 2.24) is 0 Å². The molecular weight excluding hydrogens is 416 g/mol. The lowest BCUT2D eigenvalue weighted by Gasteiger charge is -2.33. The van der Waals surface area contributed by atoms with Gasteiger partial charge in [0.15, 0.2) is 0 Å². The summed E-state index contributed by atoms with van der Waals surface area (Å²) in [6.45, 7) is 8.25. The minimum Gasteiger partial charge on any atom is -0.508 e. The smallest absolute Gasteiger partial charge is 0.115 e. The zero-order valence-corrected chi connectivity index (χ0v) is 19.3. The van der Waals surface area contributed by atoms with Crippen molar-refractivity contribution >= 4 is 0 Å². The fourth-order valence-corrected chi connectivity index (χ4v) is 4.45. The maximum absolute atomic E-state index is 9.85. The number of benzene rings is 4. The molecule has 4 aromatic carbocycles. The predicted octanol–water partition coefficient (Wildman–Crippen LogP) is 9.18. The Labute approximate surface area is 206 Å². The van der Waals surface area contributed by atoms with Crippen LogP contribution in [0.5, 0.6) is 11.5 Å². The number of rotatable bonds is 2. The minimum absolute atomic E-state index is 0. The highest BCUT2D eigenvalue weighted by atomic mass is 16.3. The maximum Gasteiger partial charge on any atom is 0.115 e. The lowest BCUT2D eigenvalue weighted by atomic mass is 9.68. The molecule has 2 heteroatoms. The van der Waals surface area contributed by atoms with Gasteiger partial charge in [-0.15, -0.1) is 0 Å². The van der Waals surface area contributed by atoms with Crippen LogP contribution in [0.15, 0.2) is 97.1 Å². The van der Waals surface area contributed by atoms with Crippen LogP contribution in [0.1, 0.15) is 71.2 Å². The first-order valence-corrected chi connectivity index (χ1v) is 11.4. The molecule has 0 saturated heterocycles. The second kappa shape index (κ2) is 12.6. The molecule has 0 atom stereocenters. The number of hydrogen-bond acceptors (Lipinski definition) is 2. The number of aromatic hydroxyl groups is 2. The van der Waals surface area contributed by atoms with Crippen LogP contribution in [0.3, 0.4) is 0 Å². The Morgan fingerprint density at radius 2 is 0.824 bits per heavy atom. The molecule has 5 rings (SSSR count). The molecule has 1 aliphatic carbocycles. The van der Waals surface area contributed by atoms with E-state index >= 15 is 0 Å². The summed E-state index contributed by atoms with van der Waals surface area (Å²) in [6, 6.07) is 31.9. The zero-order valence-electron chi connectivity index (χ0n) is 19.3. The monoisotopic (exact) mass is 456 g/mol. The van der Waals surface area contributed by atoms with Crippen molar-refractivity contribution in [1.29, 1.82) is 0 Å². The van der Waals surface area contributed by atoms with Crippen LogP contribution < -0.4 is 0 Å². The van der Waals surface area contributed by atoms with Gasteiger partial charge in [0.05, 0.1) is 5.41 Å². The van der Waals surface area contributed by atoms with Crippen molar-refractivity contribution in [2.75, 3.05) is 0 Å². The van der Waals surface area contributed by atoms with Crippen molar-refractivity contribution in [2.45, 2.75) is 54.4 Å². The lowest BCUT2D eigenvalue weighted by molar-refractivity contribution is 0.475. The maximum atomic E-state index is 9.85. The molecule has 2 nitrogen and oxygen atoms in total. The number of fused-ring (bicyclic) bond motifs is 3. The molecule has 0 fully saturated rings. The molecule has 0 heterocycles. The van der Waals surface area contributed by atoms with E-state index in [-0.39, 0.29) is 26.4 Å². The van der Waals surface area contributed by atoms with Crippen LogP contribution >= 0.6 is 0 Å². The fourth-order valence-electron chi connectivity index (χ4n) is 4.45. The molecule has 0 saturated carbocycles. The molecule has 0 spiro atoms. The molecule has 0 bridgehead atoms. The van der Waals surface area contributed by atoms with Crippen molar-refractivity contribution in [3.8, 4) is 22.6 Å². The van der Waals surface area contributed by atoms with Gasteiger partial charge >= 0.3 is 0 Å². The summed E-state index contributed by atoms with van der Waals surface area (Å²) < 4.78 is 0. The van der Waals surface area contributed by atoms with E-state index in [9.17, 15) is 10.2 Å². The summed E-state index contributed by atoms with van der Waals surface area (Å²) in [7, 11) is 0. The Morgan fingerprint density at radius 1 is 0.529 bits per heavy atom. The van der Waals surface area contributed by atoms with Gasteiger partial charge in [0.1, 0.15) is 11.5 Å². The Hall–Kier alpha value is -3.52. The van der Waals surface area contributed by atoms with Gasteiger partial charge in [-0.2, -0.15) is 0 Å². The number of phenolic OH excluding ortho intramolecular Hbond substituents is 2. The van der Waals surface area contributed by atoms with Crippen molar-refractivity contribution in [3.63, 3.8) is 0 Å². The van der Waals surface area contributed by atoms with Crippen LogP contribution in [0, 0.1) is 0 Å². The summed E-state index contributed by atoms with van der Waals surface area (Å²) in [4.78, 5) is 0. The van der Waals surface area contributed by atoms with E-state index in [1.165, 1.54) is 28.7 Å². The van der Waals surface area contributed by atoms with Crippen molar-refractivity contribution in [2.24, 2.45) is 0 Å². The molecule has 4 aromatic rings. The summed E-state index contributed by atoms with van der Waals surface area (Å²) in [5, 5.41) is 19.7. The van der Waals surface area contributed by atoms with Gasteiger partial charge in [-0.05, 0) is 57.6 Å². The standard InChI is InChI=1S/C25H18O2.C3H8.C2H6.2CH4/c26-19-13-9-17(10-14-19)25(18-11-15-20(27)16-12-18)23-7-3-1-5-21(23)22-6-2-4-8-24(22)25;1-3-2;1-2;;/h1-16,26-27H;3H2,1-2H3;1-2H3;2*1H4. The first kappa shape index (κ1) is 28.5. The van der Waals surface area contributed by atoms with Gasteiger partial charge in [-0.1, -0.05) is 122 Å². The van der Waals surface area contributed by atoms with E-state index in [0.717, 1.165) is 11.1 Å². The lowest BCUT2D eigenvalue weighted by Crippen LogP contribution is -2.28. The van der Waals surface area contributed by atoms with Crippen LogP contribution in [0.2, 0.25) is 0 Å². The Kier molecular flexibility index (Phi) is 10.6. The molecule has 0 amide bonds. The van der Waals surface area contributed by atoms with Gasteiger partial charge in [0, 0.05) is 0 Å². The van der Waals surface area contributed by atoms with E-state index in [1.54, 1.807) is 24.3 Å². The highest BCUT2D eigenvalue weighted by Crippen LogP contribution is 2.56. The van der Waals surface area contributed by atoms with Crippen molar-refractivity contribution in [3.05, 3.63) is 119 Å². The van der Waals surface area contributed by atoms with Crippen LogP contribution in [0.4, 0.5) is 0 Å². The predicted molar refractivity (Wildman–Crippen MR) is 148 cm³/mol. The third kappa shape index (κ3) is 4.87.